The molecule has 39 heavy (non-hydrogen) atoms. The number of fused-ring (bicyclic) bond motifs is 1. The van der Waals surface area contributed by atoms with Gasteiger partial charge in [-0.1, -0.05) is 48.5 Å². The van der Waals surface area contributed by atoms with E-state index in [1.165, 1.54) is 0 Å². The van der Waals surface area contributed by atoms with E-state index in [1.807, 2.05) is 42.3 Å². The monoisotopic (exact) mass is 522 g/mol. The molecule has 0 aliphatic carbocycles. The van der Waals surface area contributed by atoms with Crippen LogP contribution < -0.4 is 10.2 Å². The average Bonchev–Trinajstić information content (AvgIpc) is 3.24. The lowest BCUT2D eigenvalue weighted by Crippen LogP contribution is -2.49. The van der Waals surface area contributed by atoms with E-state index in [1.54, 1.807) is 30.5 Å². The van der Waals surface area contributed by atoms with Crippen LogP contribution >= 0.6 is 0 Å². The molecule has 0 bridgehead atoms. The van der Waals surface area contributed by atoms with Crippen molar-refractivity contribution in [2.24, 2.45) is 12.1 Å². The van der Waals surface area contributed by atoms with Crippen molar-refractivity contribution in [1.29, 1.82) is 0 Å². The first kappa shape index (κ1) is 26.2. The number of aromatic nitrogens is 1. The average molecular weight is 523 g/mol. The summed E-state index contributed by atoms with van der Waals surface area (Å²) >= 11 is 0. The largest absolute Gasteiger partial charge is 0.484 e. The molecule has 2 heterocycles. The van der Waals surface area contributed by atoms with Gasteiger partial charge in [0.1, 0.15) is 5.75 Å². The molecule has 5 rings (SSSR count). The van der Waals surface area contributed by atoms with E-state index >= 15 is 0 Å². The molecular formula is C32H34N4O3. The van der Waals surface area contributed by atoms with Crippen molar-refractivity contribution < 1.29 is 14.3 Å². The molecule has 0 saturated carbocycles. The van der Waals surface area contributed by atoms with Gasteiger partial charge < -0.3 is 14.2 Å². The molecule has 1 saturated heterocycles. The van der Waals surface area contributed by atoms with Crippen molar-refractivity contribution >= 4 is 28.9 Å². The minimum Gasteiger partial charge on any atom is -0.484 e. The summed E-state index contributed by atoms with van der Waals surface area (Å²) in [4.78, 5) is 27.4. The highest BCUT2D eigenvalue weighted by atomic mass is 16.5. The highest BCUT2D eigenvalue weighted by Gasteiger charge is 2.29. The van der Waals surface area contributed by atoms with E-state index in [9.17, 15) is 9.59 Å². The molecule has 1 aliphatic rings. The fourth-order valence-corrected chi connectivity index (χ4v) is 5.55. The van der Waals surface area contributed by atoms with Gasteiger partial charge in [-0.05, 0) is 69.0 Å². The second-order valence-electron chi connectivity index (χ2n) is 10.1. The van der Waals surface area contributed by atoms with Crippen LogP contribution in [-0.2, 0) is 11.8 Å². The SMILES string of the molecule is C[C@@H]1CCC[C@@H](C)N1C(=O)COc1ccc(C(=O)N/N=C\c2c(-c3ccccc3)n(C)c3ccccc23)cc1. The van der Waals surface area contributed by atoms with E-state index < -0.39 is 0 Å². The fourth-order valence-electron chi connectivity index (χ4n) is 5.55. The van der Waals surface area contributed by atoms with Crippen molar-refractivity contribution in [3.63, 3.8) is 0 Å². The summed E-state index contributed by atoms with van der Waals surface area (Å²) in [6.07, 6.45) is 4.90. The Morgan fingerprint density at radius 1 is 0.949 bits per heavy atom. The van der Waals surface area contributed by atoms with E-state index in [2.05, 4.69) is 53.2 Å². The number of benzene rings is 3. The maximum absolute atomic E-state index is 12.8. The smallest absolute Gasteiger partial charge is 0.271 e. The second-order valence-corrected chi connectivity index (χ2v) is 10.1. The zero-order valence-corrected chi connectivity index (χ0v) is 22.6. The minimum absolute atomic E-state index is 0.00540. The Morgan fingerprint density at radius 3 is 2.33 bits per heavy atom. The van der Waals surface area contributed by atoms with Gasteiger partial charge in [0.2, 0.25) is 0 Å². The number of para-hydroxylation sites is 1. The van der Waals surface area contributed by atoms with Gasteiger partial charge in [-0.25, -0.2) is 5.43 Å². The summed E-state index contributed by atoms with van der Waals surface area (Å²) in [5.41, 5.74) is 7.21. The van der Waals surface area contributed by atoms with Gasteiger partial charge in [-0.2, -0.15) is 5.10 Å². The molecule has 1 aromatic heterocycles. The Labute approximate surface area is 229 Å². The molecule has 1 N–H and O–H groups in total. The lowest BCUT2D eigenvalue weighted by molar-refractivity contribution is -0.139. The van der Waals surface area contributed by atoms with Crippen molar-refractivity contribution in [1.82, 2.24) is 14.9 Å². The van der Waals surface area contributed by atoms with Crippen molar-refractivity contribution in [2.45, 2.75) is 45.2 Å². The van der Waals surface area contributed by atoms with E-state index in [4.69, 9.17) is 4.74 Å². The number of carbonyl (C=O) groups is 2. The number of hydrogen-bond acceptors (Lipinski definition) is 4. The summed E-state index contributed by atoms with van der Waals surface area (Å²) in [5, 5.41) is 5.35. The number of likely N-dealkylation sites (tertiary alicyclic amines) is 1. The molecule has 0 spiro atoms. The minimum atomic E-state index is -0.327. The normalized spacial score (nSPS) is 17.5. The number of amides is 2. The van der Waals surface area contributed by atoms with Crippen LogP contribution in [0.4, 0.5) is 0 Å². The number of rotatable bonds is 7. The molecule has 7 heteroatoms. The van der Waals surface area contributed by atoms with Gasteiger partial charge in [0, 0.05) is 41.2 Å². The summed E-state index contributed by atoms with van der Waals surface area (Å²) < 4.78 is 7.88. The third-order valence-electron chi connectivity index (χ3n) is 7.51. The third-order valence-corrected chi connectivity index (χ3v) is 7.51. The summed E-state index contributed by atoms with van der Waals surface area (Å²) in [5.74, 6) is 0.212. The number of ether oxygens (including phenoxy) is 1. The standard InChI is InChI=1S/C32H34N4O3/c1-22-10-9-11-23(2)36(22)30(37)21-39-26-18-16-25(17-19-26)32(38)34-33-20-28-27-14-7-8-15-29(27)35(3)31(28)24-12-5-4-6-13-24/h4-8,12-20,22-23H,9-11,21H2,1-3H3,(H,34,38)/b33-20-/t22-,23-/m1/s1. The molecule has 0 unspecified atom stereocenters. The lowest BCUT2D eigenvalue weighted by atomic mass is 9.97. The Bertz CT molecular complexity index is 1480. The maximum atomic E-state index is 12.8. The van der Waals surface area contributed by atoms with Crippen LogP contribution in [0.25, 0.3) is 22.2 Å². The molecular weight excluding hydrogens is 488 g/mol. The summed E-state index contributed by atoms with van der Waals surface area (Å²) in [7, 11) is 2.03. The molecule has 3 aromatic carbocycles. The Balaban J connectivity index is 1.25. The van der Waals surface area contributed by atoms with Gasteiger partial charge in [0.15, 0.2) is 6.61 Å². The first-order valence-corrected chi connectivity index (χ1v) is 13.4. The number of nitrogens with zero attached hydrogens (tertiary/aromatic N) is 3. The molecule has 0 radical (unpaired) electrons. The van der Waals surface area contributed by atoms with Crippen LogP contribution in [0.15, 0.2) is 84.0 Å². The van der Waals surface area contributed by atoms with Crippen molar-refractivity contribution in [3.8, 4) is 17.0 Å². The summed E-state index contributed by atoms with van der Waals surface area (Å²) in [6, 6.07) is 25.5. The quantitative estimate of drug-likeness (QED) is 0.247. The van der Waals surface area contributed by atoms with Crippen molar-refractivity contribution in [3.05, 3.63) is 90.0 Å². The first-order valence-electron chi connectivity index (χ1n) is 13.4. The Morgan fingerprint density at radius 2 is 1.62 bits per heavy atom. The van der Waals surface area contributed by atoms with Crippen LogP contribution in [0.3, 0.4) is 0 Å². The zero-order chi connectivity index (χ0) is 27.4. The third kappa shape index (κ3) is 5.58. The van der Waals surface area contributed by atoms with Gasteiger partial charge in [0.25, 0.3) is 11.8 Å². The Kier molecular flexibility index (Phi) is 7.77. The highest BCUT2D eigenvalue weighted by Crippen LogP contribution is 2.31. The first-order chi connectivity index (χ1) is 18.9. The predicted molar refractivity (Wildman–Crippen MR) is 155 cm³/mol. The van der Waals surface area contributed by atoms with Gasteiger partial charge in [-0.15, -0.1) is 0 Å². The number of carbonyl (C=O) groups excluding carboxylic acids is 2. The van der Waals surface area contributed by atoms with E-state index in [-0.39, 0.29) is 30.5 Å². The molecule has 4 aromatic rings. The number of piperidine rings is 1. The molecule has 1 fully saturated rings. The number of nitrogens with one attached hydrogen (secondary N) is 1. The maximum Gasteiger partial charge on any atom is 0.271 e. The van der Waals surface area contributed by atoms with Crippen LogP contribution in [0.2, 0.25) is 0 Å². The Hall–Kier alpha value is -4.39. The van der Waals surface area contributed by atoms with E-state index in [0.717, 1.165) is 47.0 Å². The van der Waals surface area contributed by atoms with Gasteiger partial charge in [-0.3, -0.25) is 9.59 Å². The molecule has 2 amide bonds. The molecule has 200 valence electrons. The lowest BCUT2D eigenvalue weighted by Gasteiger charge is -2.38. The number of aryl methyl sites for hydroxylation is 1. The topological polar surface area (TPSA) is 75.9 Å². The van der Waals surface area contributed by atoms with Crippen LogP contribution in [-0.4, -0.2) is 46.2 Å². The van der Waals surface area contributed by atoms with Crippen molar-refractivity contribution in [2.75, 3.05) is 6.61 Å². The highest BCUT2D eigenvalue weighted by molar-refractivity contribution is 6.07. The van der Waals surface area contributed by atoms with Crippen LogP contribution in [0, 0.1) is 0 Å². The zero-order valence-electron chi connectivity index (χ0n) is 22.6. The number of hydrogen-bond donors (Lipinski definition) is 1. The molecule has 2 atom stereocenters. The molecule has 7 nitrogen and oxygen atoms in total. The second kappa shape index (κ2) is 11.6. The number of hydrazone groups is 1. The van der Waals surface area contributed by atoms with E-state index in [0.29, 0.717) is 11.3 Å². The predicted octanol–water partition coefficient (Wildman–Crippen LogP) is 5.78. The summed E-state index contributed by atoms with van der Waals surface area (Å²) in [6.45, 7) is 4.16. The van der Waals surface area contributed by atoms with Crippen LogP contribution in [0.1, 0.15) is 49.0 Å². The molecule has 1 aliphatic heterocycles. The van der Waals surface area contributed by atoms with Crippen LogP contribution in [0.5, 0.6) is 5.75 Å². The van der Waals surface area contributed by atoms with Gasteiger partial charge in [0.05, 0.1) is 11.9 Å². The van der Waals surface area contributed by atoms with Gasteiger partial charge >= 0.3 is 0 Å². The fraction of sp³-hybridized carbons (Fsp3) is 0.281.